The van der Waals surface area contributed by atoms with Crippen molar-refractivity contribution in [3.63, 3.8) is 0 Å². The van der Waals surface area contributed by atoms with Crippen molar-refractivity contribution in [1.82, 2.24) is 4.98 Å². The normalized spacial score (nSPS) is 14.2. The van der Waals surface area contributed by atoms with Gasteiger partial charge in [0.1, 0.15) is 0 Å². The summed E-state index contributed by atoms with van der Waals surface area (Å²) in [5.74, 6) is 0.469. The van der Waals surface area contributed by atoms with E-state index in [1.807, 2.05) is 13.0 Å². The van der Waals surface area contributed by atoms with Crippen molar-refractivity contribution >= 4 is 17.6 Å². The maximum absolute atomic E-state index is 12.5. The van der Waals surface area contributed by atoms with E-state index in [1.165, 1.54) is 0 Å². The van der Waals surface area contributed by atoms with E-state index in [-0.39, 0.29) is 23.0 Å². The summed E-state index contributed by atoms with van der Waals surface area (Å²) in [4.78, 5) is 29.2. The number of aromatic nitrogens is 1. The van der Waals surface area contributed by atoms with Crippen LogP contribution < -0.4 is 0 Å². The minimum Gasteiger partial charge on any atom is -0.432 e. The van der Waals surface area contributed by atoms with Crippen molar-refractivity contribution in [2.24, 2.45) is 5.92 Å². The number of nitrogens with zero attached hydrogens (tertiary/aromatic N) is 1. The average molecular weight is 309 g/mol. The van der Waals surface area contributed by atoms with Gasteiger partial charge in [-0.2, -0.15) is 0 Å². The van der Waals surface area contributed by atoms with Crippen LogP contribution in [0, 0.1) is 5.92 Å². The van der Waals surface area contributed by atoms with Gasteiger partial charge in [0.25, 0.3) is 0 Å². The number of carbonyl (C=O) groups is 2. The van der Waals surface area contributed by atoms with Crippen molar-refractivity contribution in [2.45, 2.75) is 33.6 Å². The molecule has 1 heterocycles. The lowest BCUT2D eigenvalue weighted by Crippen LogP contribution is -2.19. The quantitative estimate of drug-likeness (QED) is 0.721. The van der Waals surface area contributed by atoms with Crippen LogP contribution >= 0.6 is 0 Å². The van der Waals surface area contributed by atoms with Gasteiger partial charge in [0.2, 0.25) is 23.2 Å². The molecule has 0 spiro atoms. The van der Waals surface area contributed by atoms with Crippen LogP contribution in [0.15, 0.2) is 34.3 Å². The Kier molecular flexibility index (Phi) is 3.99. The van der Waals surface area contributed by atoms with E-state index in [9.17, 15) is 9.59 Å². The molecule has 0 fully saturated rings. The summed E-state index contributed by atoms with van der Waals surface area (Å²) in [6, 6.07) is 6.77. The maximum Gasteiger partial charge on any atom is 0.231 e. The number of fused-ring (bicyclic) bond motifs is 2. The Morgan fingerprint density at radius 2 is 1.83 bits per heavy atom. The van der Waals surface area contributed by atoms with Gasteiger partial charge < -0.3 is 4.42 Å². The monoisotopic (exact) mass is 309 g/mol. The molecule has 4 nitrogen and oxygen atoms in total. The Morgan fingerprint density at radius 3 is 2.48 bits per heavy atom. The third kappa shape index (κ3) is 2.89. The molecular formula is C19H19NO3. The third-order valence-corrected chi connectivity index (χ3v) is 3.97. The molecule has 0 unspecified atom stereocenters. The van der Waals surface area contributed by atoms with Crippen LogP contribution in [0.5, 0.6) is 0 Å². The lowest BCUT2D eigenvalue weighted by Gasteiger charge is -2.10. The first-order valence-corrected chi connectivity index (χ1v) is 7.83. The van der Waals surface area contributed by atoms with Crippen molar-refractivity contribution in [2.75, 3.05) is 0 Å². The average Bonchev–Trinajstić information content (AvgIpc) is 2.95. The van der Waals surface area contributed by atoms with E-state index in [1.54, 1.807) is 24.3 Å². The van der Waals surface area contributed by atoms with Crippen LogP contribution in [-0.4, -0.2) is 16.6 Å². The summed E-state index contributed by atoms with van der Waals surface area (Å²) in [6.45, 7) is 6.35. The lowest BCUT2D eigenvalue weighted by molar-refractivity contribution is 0.0958. The summed E-state index contributed by atoms with van der Waals surface area (Å²) < 4.78 is 5.57. The summed E-state index contributed by atoms with van der Waals surface area (Å²) in [6.07, 6.45) is 3.82. The Labute approximate surface area is 135 Å². The van der Waals surface area contributed by atoms with Crippen LogP contribution in [0.4, 0.5) is 0 Å². The van der Waals surface area contributed by atoms with Crippen molar-refractivity contribution in [3.05, 3.63) is 58.3 Å². The zero-order valence-electron chi connectivity index (χ0n) is 13.6. The second-order valence-corrected chi connectivity index (χ2v) is 6.36. The van der Waals surface area contributed by atoms with Crippen LogP contribution in [0.25, 0.3) is 6.08 Å². The van der Waals surface area contributed by atoms with E-state index in [4.69, 9.17) is 4.42 Å². The predicted molar refractivity (Wildman–Crippen MR) is 87.5 cm³/mol. The minimum absolute atomic E-state index is 0.0524. The highest BCUT2D eigenvalue weighted by Crippen LogP contribution is 2.28. The number of allylic oxidation sites excluding steroid dienone is 1. The molecule has 0 amide bonds. The van der Waals surface area contributed by atoms with Gasteiger partial charge in [-0.1, -0.05) is 43.7 Å². The molecule has 1 aliphatic rings. The number of carbonyl (C=O) groups excluding carboxylic acids is 2. The molecule has 4 heteroatoms. The second-order valence-electron chi connectivity index (χ2n) is 6.36. The van der Waals surface area contributed by atoms with Gasteiger partial charge in [-0.05, 0) is 31.8 Å². The van der Waals surface area contributed by atoms with Crippen molar-refractivity contribution in [3.8, 4) is 0 Å². The Bertz CT molecular complexity index is 759. The van der Waals surface area contributed by atoms with Crippen LogP contribution in [0.2, 0.25) is 0 Å². The molecule has 0 radical (unpaired) electrons. The highest BCUT2D eigenvalue weighted by molar-refractivity contribution is 6.26. The molecule has 1 aliphatic carbocycles. The molecule has 1 aromatic heterocycles. The molecule has 3 rings (SSSR count). The van der Waals surface area contributed by atoms with Crippen molar-refractivity contribution < 1.29 is 14.0 Å². The first kappa shape index (κ1) is 15.4. The highest BCUT2D eigenvalue weighted by Gasteiger charge is 2.34. The fourth-order valence-electron chi connectivity index (χ4n) is 2.63. The number of ketones is 2. The first-order valence-electron chi connectivity index (χ1n) is 7.83. The van der Waals surface area contributed by atoms with E-state index < -0.39 is 0 Å². The summed E-state index contributed by atoms with van der Waals surface area (Å²) in [7, 11) is 0. The SMILES string of the molecule is C/C(=C\c1nc2c(o1)C(=O)c1ccccc1C2=O)CCC(C)C. The number of oxazole rings is 1. The predicted octanol–water partition coefficient (Wildman–Crippen LogP) is 4.29. The number of hydrogen-bond acceptors (Lipinski definition) is 4. The van der Waals surface area contributed by atoms with Gasteiger partial charge in [0.05, 0.1) is 0 Å². The van der Waals surface area contributed by atoms with E-state index >= 15 is 0 Å². The van der Waals surface area contributed by atoms with Gasteiger partial charge in [-0.3, -0.25) is 9.59 Å². The fourth-order valence-corrected chi connectivity index (χ4v) is 2.63. The molecule has 0 saturated carbocycles. The maximum atomic E-state index is 12.5. The summed E-state index contributed by atoms with van der Waals surface area (Å²) in [5.41, 5.74) is 2.02. The molecular weight excluding hydrogens is 290 g/mol. The number of rotatable bonds is 4. The smallest absolute Gasteiger partial charge is 0.231 e. The highest BCUT2D eigenvalue weighted by atomic mass is 16.4. The van der Waals surface area contributed by atoms with Crippen LogP contribution in [-0.2, 0) is 0 Å². The number of hydrogen-bond donors (Lipinski definition) is 0. The largest absolute Gasteiger partial charge is 0.432 e. The van der Waals surface area contributed by atoms with Crippen LogP contribution in [0.3, 0.4) is 0 Å². The summed E-state index contributed by atoms with van der Waals surface area (Å²) >= 11 is 0. The first-order chi connectivity index (χ1) is 11.0. The van der Waals surface area contributed by atoms with Crippen molar-refractivity contribution in [1.29, 1.82) is 0 Å². The van der Waals surface area contributed by atoms with Gasteiger partial charge in [0, 0.05) is 11.1 Å². The van der Waals surface area contributed by atoms with E-state index in [0.29, 0.717) is 22.9 Å². The number of benzene rings is 1. The second kappa shape index (κ2) is 5.95. The molecule has 118 valence electrons. The minimum atomic E-state index is -0.276. The molecule has 1 aromatic carbocycles. The van der Waals surface area contributed by atoms with Crippen LogP contribution in [0.1, 0.15) is 71.7 Å². The zero-order chi connectivity index (χ0) is 16.6. The van der Waals surface area contributed by atoms with Gasteiger partial charge in [-0.25, -0.2) is 4.98 Å². The Morgan fingerprint density at radius 1 is 1.17 bits per heavy atom. The zero-order valence-corrected chi connectivity index (χ0v) is 13.6. The molecule has 0 aliphatic heterocycles. The van der Waals surface area contributed by atoms with Gasteiger partial charge >= 0.3 is 0 Å². The topological polar surface area (TPSA) is 60.2 Å². The Balaban J connectivity index is 1.94. The van der Waals surface area contributed by atoms with Gasteiger partial charge in [-0.15, -0.1) is 0 Å². The van der Waals surface area contributed by atoms with Gasteiger partial charge in [0.15, 0.2) is 5.69 Å². The standard InChI is InChI=1S/C19H19NO3/c1-11(2)8-9-12(3)10-15-20-16-17(21)13-6-4-5-7-14(13)18(22)19(16)23-15/h4-7,10-11H,8-9H2,1-3H3/b12-10+. The van der Waals surface area contributed by atoms with E-state index in [2.05, 4.69) is 18.8 Å². The molecule has 0 N–H and O–H groups in total. The summed E-state index contributed by atoms with van der Waals surface area (Å²) in [5, 5.41) is 0. The molecule has 0 bridgehead atoms. The molecule has 0 saturated heterocycles. The Hall–Kier alpha value is -2.49. The fraction of sp³-hybridized carbons (Fsp3) is 0.316. The molecule has 2 aromatic rings. The van der Waals surface area contributed by atoms with E-state index in [0.717, 1.165) is 18.4 Å². The lowest BCUT2D eigenvalue weighted by atomic mass is 9.91. The molecule has 0 atom stereocenters. The molecule has 23 heavy (non-hydrogen) atoms. The third-order valence-electron chi connectivity index (χ3n) is 3.97.